The van der Waals surface area contributed by atoms with E-state index in [1.165, 1.54) is 6.92 Å². The molecule has 0 saturated heterocycles. The maximum absolute atomic E-state index is 11.0. The van der Waals surface area contributed by atoms with Gasteiger partial charge in [0.2, 0.25) is 0 Å². The summed E-state index contributed by atoms with van der Waals surface area (Å²) in [7, 11) is 0. The van der Waals surface area contributed by atoms with Gasteiger partial charge in [-0.05, 0) is 12.5 Å². The van der Waals surface area contributed by atoms with E-state index >= 15 is 0 Å². The van der Waals surface area contributed by atoms with Gasteiger partial charge in [-0.2, -0.15) is 0 Å². The number of carbonyl (C=O) groups is 1. The molecule has 0 aliphatic heterocycles. The molecule has 0 saturated carbocycles. The summed E-state index contributed by atoms with van der Waals surface area (Å²) in [5, 5.41) is 0. The lowest BCUT2D eigenvalue weighted by molar-refractivity contribution is -0.131. The molecule has 0 spiro atoms. The first kappa shape index (κ1) is 11.2. The molecule has 0 fully saturated rings. The van der Waals surface area contributed by atoms with Crippen molar-refractivity contribution < 1.29 is 9.53 Å². The van der Waals surface area contributed by atoms with E-state index in [1.54, 1.807) is 12.2 Å². The molecule has 0 amide bonds. The monoisotopic (exact) mass is 202 g/mol. The van der Waals surface area contributed by atoms with E-state index in [-0.39, 0.29) is 5.97 Å². The van der Waals surface area contributed by atoms with Gasteiger partial charge in [0.25, 0.3) is 0 Å². The van der Waals surface area contributed by atoms with Gasteiger partial charge in [-0.15, -0.1) is 0 Å². The van der Waals surface area contributed by atoms with E-state index < -0.39 is 0 Å². The van der Waals surface area contributed by atoms with Crippen molar-refractivity contribution in [2.75, 3.05) is 0 Å². The first-order valence-electron chi connectivity index (χ1n) is 4.67. The second kappa shape index (κ2) is 4.60. The van der Waals surface area contributed by atoms with Crippen LogP contribution in [0.4, 0.5) is 0 Å². The van der Waals surface area contributed by atoms with Gasteiger partial charge in [0, 0.05) is 18.1 Å². The smallest absolute Gasteiger partial charge is 0.308 e. The van der Waals surface area contributed by atoms with Crippen molar-refractivity contribution in [3.05, 3.63) is 42.0 Å². The Morgan fingerprint density at radius 2 is 2.00 bits per heavy atom. The van der Waals surface area contributed by atoms with Crippen molar-refractivity contribution in [3.63, 3.8) is 0 Å². The molecule has 1 aromatic rings. The number of benzene rings is 1. The van der Waals surface area contributed by atoms with E-state index in [4.69, 9.17) is 4.74 Å². The highest BCUT2D eigenvalue weighted by atomic mass is 16.5. The molecular formula is C13H14O2. The van der Waals surface area contributed by atoms with Crippen molar-refractivity contribution >= 4 is 18.1 Å². The summed E-state index contributed by atoms with van der Waals surface area (Å²) < 4.78 is 5.16. The summed E-state index contributed by atoms with van der Waals surface area (Å²) in [6.45, 7) is 10.7. The highest BCUT2D eigenvalue weighted by Crippen LogP contribution is 2.29. The normalized spacial score (nSPS) is 9.47. The largest absolute Gasteiger partial charge is 0.425 e. The minimum absolute atomic E-state index is 0.341. The summed E-state index contributed by atoms with van der Waals surface area (Å²) in [6, 6.07) is 3.81. The van der Waals surface area contributed by atoms with Crippen LogP contribution >= 0.6 is 0 Å². The molecule has 0 radical (unpaired) electrons. The maximum atomic E-state index is 11.0. The molecule has 0 bridgehead atoms. The summed E-state index contributed by atoms with van der Waals surface area (Å²) in [4.78, 5) is 11.0. The SMILES string of the molecule is C=Cc1ccc(C)c(C=C)c1OC(C)=O. The Bertz CT molecular complexity index is 417. The Kier molecular flexibility index (Phi) is 3.45. The van der Waals surface area contributed by atoms with Crippen molar-refractivity contribution in [3.8, 4) is 5.75 Å². The Morgan fingerprint density at radius 1 is 1.33 bits per heavy atom. The number of aryl methyl sites for hydroxylation is 1. The van der Waals surface area contributed by atoms with Gasteiger partial charge in [-0.3, -0.25) is 4.79 Å². The van der Waals surface area contributed by atoms with Gasteiger partial charge in [-0.25, -0.2) is 0 Å². The molecule has 2 heteroatoms. The molecule has 0 aliphatic rings. The summed E-state index contributed by atoms with van der Waals surface area (Å²) in [6.07, 6.45) is 3.34. The number of esters is 1. The summed E-state index contributed by atoms with van der Waals surface area (Å²) >= 11 is 0. The van der Waals surface area contributed by atoms with Gasteiger partial charge >= 0.3 is 5.97 Å². The van der Waals surface area contributed by atoms with Crippen LogP contribution in [0.3, 0.4) is 0 Å². The number of hydrogen-bond acceptors (Lipinski definition) is 2. The molecule has 0 atom stereocenters. The van der Waals surface area contributed by atoms with Crippen LogP contribution in [0.5, 0.6) is 5.75 Å². The molecule has 2 nitrogen and oxygen atoms in total. The van der Waals surface area contributed by atoms with E-state index in [2.05, 4.69) is 13.2 Å². The van der Waals surface area contributed by atoms with Crippen LogP contribution in [0.1, 0.15) is 23.6 Å². The van der Waals surface area contributed by atoms with Crippen LogP contribution in [-0.2, 0) is 4.79 Å². The summed E-state index contributed by atoms with van der Waals surface area (Å²) in [5.74, 6) is 0.194. The average Bonchev–Trinajstić information content (AvgIpc) is 2.18. The van der Waals surface area contributed by atoms with Crippen LogP contribution in [0, 0.1) is 6.92 Å². The Morgan fingerprint density at radius 3 is 2.47 bits per heavy atom. The standard InChI is InChI=1S/C13H14O2/c1-5-11-8-7-9(3)12(6-2)13(11)15-10(4)14/h5-8H,1-2H2,3-4H3. The summed E-state index contributed by atoms with van der Waals surface area (Å²) in [5.41, 5.74) is 2.65. The van der Waals surface area contributed by atoms with E-state index in [0.29, 0.717) is 5.75 Å². The lowest BCUT2D eigenvalue weighted by Crippen LogP contribution is -2.05. The Hall–Kier alpha value is -1.83. The van der Waals surface area contributed by atoms with Crippen LogP contribution < -0.4 is 4.74 Å². The second-order valence-electron chi connectivity index (χ2n) is 3.22. The first-order valence-corrected chi connectivity index (χ1v) is 4.67. The van der Waals surface area contributed by atoms with Gasteiger partial charge in [0.1, 0.15) is 5.75 Å². The van der Waals surface area contributed by atoms with E-state index in [1.807, 2.05) is 19.1 Å². The van der Waals surface area contributed by atoms with Gasteiger partial charge in [-0.1, -0.05) is 37.4 Å². The fourth-order valence-corrected chi connectivity index (χ4v) is 1.39. The third kappa shape index (κ3) is 2.34. The molecule has 0 unspecified atom stereocenters. The number of rotatable bonds is 3. The maximum Gasteiger partial charge on any atom is 0.308 e. The predicted octanol–water partition coefficient (Wildman–Crippen LogP) is 3.21. The highest BCUT2D eigenvalue weighted by molar-refractivity contribution is 5.76. The lowest BCUT2D eigenvalue weighted by atomic mass is 10.0. The Balaban J connectivity index is 3.39. The third-order valence-electron chi connectivity index (χ3n) is 2.11. The predicted molar refractivity (Wildman–Crippen MR) is 62.7 cm³/mol. The van der Waals surface area contributed by atoms with Crippen molar-refractivity contribution in [1.29, 1.82) is 0 Å². The van der Waals surface area contributed by atoms with Gasteiger partial charge < -0.3 is 4.74 Å². The molecule has 1 aromatic carbocycles. The zero-order valence-corrected chi connectivity index (χ0v) is 9.04. The molecule has 1 rings (SSSR count). The first-order chi connectivity index (χ1) is 7.10. The zero-order valence-electron chi connectivity index (χ0n) is 9.04. The molecule has 15 heavy (non-hydrogen) atoms. The molecule has 0 aromatic heterocycles. The van der Waals surface area contributed by atoms with Crippen LogP contribution in [-0.4, -0.2) is 5.97 Å². The van der Waals surface area contributed by atoms with E-state index in [9.17, 15) is 4.79 Å². The highest BCUT2D eigenvalue weighted by Gasteiger charge is 2.10. The molecule has 0 aliphatic carbocycles. The van der Waals surface area contributed by atoms with Crippen molar-refractivity contribution in [2.45, 2.75) is 13.8 Å². The topological polar surface area (TPSA) is 26.3 Å². The van der Waals surface area contributed by atoms with Crippen LogP contribution in [0.25, 0.3) is 12.2 Å². The molecule has 0 N–H and O–H groups in total. The quantitative estimate of drug-likeness (QED) is 0.555. The Labute approximate surface area is 89.9 Å². The molecule has 78 valence electrons. The minimum Gasteiger partial charge on any atom is -0.425 e. The van der Waals surface area contributed by atoms with Crippen LogP contribution in [0.15, 0.2) is 25.3 Å². The number of hydrogen-bond donors (Lipinski definition) is 0. The number of ether oxygens (including phenoxy) is 1. The van der Waals surface area contributed by atoms with Gasteiger partial charge in [0.05, 0.1) is 0 Å². The van der Waals surface area contributed by atoms with Crippen molar-refractivity contribution in [1.82, 2.24) is 0 Å². The van der Waals surface area contributed by atoms with E-state index in [0.717, 1.165) is 16.7 Å². The van der Waals surface area contributed by atoms with Gasteiger partial charge in [0.15, 0.2) is 0 Å². The number of carbonyl (C=O) groups excluding carboxylic acids is 1. The minimum atomic E-state index is -0.341. The van der Waals surface area contributed by atoms with Crippen molar-refractivity contribution in [2.24, 2.45) is 0 Å². The fraction of sp³-hybridized carbons (Fsp3) is 0.154. The molecule has 0 heterocycles. The fourth-order valence-electron chi connectivity index (χ4n) is 1.39. The molecular weight excluding hydrogens is 188 g/mol. The zero-order chi connectivity index (χ0) is 11.4. The van der Waals surface area contributed by atoms with Crippen LogP contribution in [0.2, 0.25) is 0 Å². The average molecular weight is 202 g/mol. The lowest BCUT2D eigenvalue weighted by Gasteiger charge is -2.11. The third-order valence-corrected chi connectivity index (χ3v) is 2.11. The second-order valence-corrected chi connectivity index (χ2v) is 3.22.